The van der Waals surface area contributed by atoms with Crippen LogP contribution in [0.4, 0.5) is 0 Å². The lowest BCUT2D eigenvalue weighted by Crippen LogP contribution is -2.45. The van der Waals surface area contributed by atoms with Crippen LogP contribution < -0.4 is 11.1 Å². The van der Waals surface area contributed by atoms with Crippen molar-refractivity contribution in [2.45, 2.75) is 32.2 Å². The molecule has 2 atom stereocenters. The summed E-state index contributed by atoms with van der Waals surface area (Å²) >= 11 is 0. The molecular weight excluding hydrogens is 216 g/mol. The molecule has 0 saturated carbocycles. The summed E-state index contributed by atoms with van der Waals surface area (Å²) in [6.45, 7) is 3.61. The molecule has 0 aromatic heterocycles. The average molecular weight is 234 g/mol. The summed E-state index contributed by atoms with van der Waals surface area (Å²) in [7, 11) is 0. The van der Waals surface area contributed by atoms with Gasteiger partial charge in [0.15, 0.2) is 0 Å². The molecule has 0 fully saturated rings. The molecule has 0 saturated heterocycles. The Morgan fingerprint density at radius 2 is 1.88 bits per heavy atom. The highest BCUT2D eigenvalue weighted by atomic mass is 16.2. The fourth-order valence-corrected chi connectivity index (χ4v) is 1.56. The third kappa shape index (κ3) is 3.59. The highest BCUT2D eigenvalue weighted by Gasteiger charge is 2.20. The molecule has 2 amide bonds. The van der Waals surface area contributed by atoms with E-state index in [0.29, 0.717) is 6.42 Å². The van der Waals surface area contributed by atoms with Gasteiger partial charge in [-0.3, -0.25) is 9.59 Å². The van der Waals surface area contributed by atoms with E-state index in [2.05, 4.69) is 5.32 Å². The zero-order valence-corrected chi connectivity index (χ0v) is 10.1. The molecule has 0 heterocycles. The summed E-state index contributed by atoms with van der Waals surface area (Å²) in [5.41, 5.74) is 6.10. The topological polar surface area (TPSA) is 72.2 Å². The van der Waals surface area contributed by atoms with Crippen LogP contribution in [0, 0.1) is 0 Å². The molecule has 1 aromatic carbocycles. The van der Waals surface area contributed by atoms with Crippen LogP contribution in [0.25, 0.3) is 0 Å². The van der Waals surface area contributed by atoms with Gasteiger partial charge in [0.2, 0.25) is 11.8 Å². The summed E-state index contributed by atoms with van der Waals surface area (Å²) in [6, 6.07) is 8.83. The van der Waals surface area contributed by atoms with Crippen molar-refractivity contribution in [3.8, 4) is 0 Å². The van der Waals surface area contributed by atoms with E-state index in [4.69, 9.17) is 5.73 Å². The van der Waals surface area contributed by atoms with Crippen LogP contribution in [-0.4, -0.2) is 17.9 Å². The maximum atomic E-state index is 11.9. The number of rotatable bonds is 5. The Morgan fingerprint density at radius 3 is 2.35 bits per heavy atom. The van der Waals surface area contributed by atoms with E-state index >= 15 is 0 Å². The van der Waals surface area contributed by atoms with Gasteiger partial charge in [0, 0.05) is 0 Å². The van der Waals surface area contributed by atoms with Crippen LogP contribution in [0.3, 0.4) is 0 Å². The second kappa shape index (κ2) is 6.03. The van der Waals surface area contributed by atoms with Gasteiger partial charge in [0.25, 0.3) is 0 Å². The number of hydrogen-bond acceptors (Lipinski definition) is 2. The minimum absolute atomic E-state index is 0.179. The van der Waals surface area contributed by atoms with Gasteiger partial charge in [-0.25, -0.2) is 0 Å². The molecule has 0 aliphatic heterocycles. The number of primary amides is 1. The van der Waals surface area contributed by atoms with Crippen molar-refractivity contribution < 1.29 is 9.59 Å². The van der Waals surface area contributed by atoms with Gasteiger partial charge in [-0.15, -0.1) is 0 Å². The van der Waals surface area contributed by atoms with Gasteiger partial charge in [0.1, 0.15) is 6.04 Å². The van der Waals surface area contributed by atoms with Gasteiger partial charge in [-0.1, -0.05) is 37.3 Å². The summed E-state index contributed by atoms with van der Waals surface area (Å²) < 4.78 is 0. The van der Waals surface area contributed by atoms with Crippen molar-refractivity contribution >= 4 is 11.8 Å². The van der Waals surface area contributed by atoms with Crippen LogP contribution in [-0.2, 0) is 9.59 Å². The van der Waals surface area contributed by atoms with E-state index in [-0.39, 0.29) is 11.8 Å². The lowest BCUT2D eigenvalue weighted by atomic mass is 10.00. The van der Waals surface area contributed by atoms with Crippen molar-refractivity contribution in [2.75, 3.05) is 0 Å². The summed E-state index contributed by atoms with van der Waals surface area (Å²) in [5.74, 6) is -0.965. The fourth-order valence-electron chi connectivity index (χ4n) is 1.56. The Kier molecular flexibility index (Phi) is 4.69. The Balaban J connectivity index is 2.68. The number of nitrogens with one attached hydrogen (secondary N) is 1. The Labute approximate surface area is 101 Å². The number of benzene rings is 1. The lowest BCUT2D eigenvalue weighted by molar-refractivity contribution is -0.128. The monoisotopic (exact) mass is 234 g/mol. The lowest BCUT2D eigenvalue weighted by Gasteiger charge is -2.17. The second-order valence-corrected chi connectivity index (χ2v) is 4.00. The predicted octanol–water partition coefficient (Wildman–Crippen LogP) is 1.17. The number of carbonyl (C=O) groups is 2. The molecule has 92 valence electrons. The van der Waals surface area contributed by atoms with Crippen molar-refractivity contribution in [1.29, 1.82) is 0 Å². The van der Waals surface area contributed by atoms with E-state index in [0.717, 1.165) is 5.56 Å². The molecule has 0 aliphatic rings. The molecule has 4 nitrogen and oxygen atoms in total. The molecule has 3 N–H and O–H groups in total. The normalized spacial score (nSPS) is 13.8. The van der Waals surface area contributed by atoms with Crippen LogP contribution >= 0.6 is 0 Å². The van der Waals surface area contributed by atoms with E-state index < -0.39 is 11.9 Å². The van der Waals surface area contributed by atoms with Crippen molar-refractivity contribution in [3.05, 3.63) is 35.9 Å². The first kappa shape index (κ1) is 13.2. The molecule has 0 aliphatic carbocycles. The van der Waals surface area contributed by atoms with Crippen LogP contribution in [0.1, 0.15) is 31.7 Å². The van der Waals surface area contributed by atoms with Gasteiger partial charge < -0.3 is 11.1 Å². The maximum absolute atomic E-state index is 11.9. The predicted molar refractivity (Wildman–Crippen MR) is 66.3 cm³/mol. The van der Waals surface area contributed by atoms with Crippen LogP contribution in [0.2, 0.25) is 0 Å². The minimum atomic E-state index is -0.589. The summed E-state index contributed by atoms with van der Waals surface area (Å²) in [5, 5.41) is 2.65. The van der Waals surface area contributed by atoms with E-state index in [9.17, 15) is 9.59 Å². The number of nitrogens with two attached hydrogens (primary N) is 1. The average Bonchev–Trinajstić information content (AvgIpc) is 2.35. The number of carbonyl (C=O) groups excluding carboxylic acids is 2. The quantitative estimate of drug-likeness (QED) is 0.802. The maximum Gasteiger partial charge on any atom is 0.239 e. The standard InChI is InChI=1S/C13H18N2O2/c1-3-11(12(14)16)15-13(17)9(2)10-7-5-4-6-8-10/h4-9,11H,3H2,1-2H3,(H2,14,16)(H,15,17)/t9-,11?/m0/s1. The van der Waals surface area contributed by atoms with Gasteiger partial charge >= 0.3 is 0 Å². The first-order valence-electron chi connectivity index (χ1n) is 5.71. The van der Waals surface area contributed by atoms with E-state index in [1.54, 1.807) is 6.92 Å². The first-order valence-corrected chi connectivity index (χ1v) is 5.71. The molecule has 0 bridgehead atoms. The molecule has 0 radical (unpaired) electrons. The smallest absolute Gasteiger partial charge is 0.239 e. The number of hydrogen-bond donors (Lipinski definition) is 2. The number of amides is 2. The summed E-state index contributed by atoms with van der Waals surface area (Å²) in [4.78, 5) is 22.9. The molecule has 1 aromatic rings. The molecule has 1 rings (SSSR count). The van der Waals surface area contributed by atoms with E-state index in [1.165, 1.54) is 0 Å². The molecule has 0 spiro atoms. The Bertz CT molecular complexity index is 390. The van der Waals surface area contributed by atoms with Gasteiger partial charge in [-0.05, 0) is 18.9 Å². The van der Waals surface area contributed by atoms with Crippen LogP contribution in [0.15, 0.2) is 30.3 Å². The summed E-state index contributed by atoms with van der Waals surface area (Å²) in [6.07, 6.45) is 0.503. The van der Waals surface area contributed by atoms with Crippen molar-refractivity contribution in [3.63, 3.8) is 0 Å². The molecule has 17 heavy (non-hydrogen) atoms. The van der Waals surface area contributed by atoms with Gasteiger partial charge in [-0.2, -0.15) is 0 Å². The zero-order valence-electron chi connectivity index (χ0n) is 10.1. The third-order valence-electron chi connectivity index (χ3n) is 2.76. The van der Waals surface area contributed by atoms with Crippen molar-refractivity contribution in [1.82, 2.24) is 5.32 Å². The molecule has 4 heteroatoms. The van der Waals surface area contributed by atoms with Crippen molar-refractivity contribution in [2.24, 2.45) is 5.73 Å². The third-order valence-corrected chi connectivity index (χ3v) is 2.76. The minimum Gasteiger partial charge on any atom is -0.368 e. The van der Waals surface area contributed by atoms with Gasteiger partial charge in [0.05, 0.1) is 5.92 Å². The Morgan fingerprint density at radius 1 is 1.29 bits per heavy atom. The highest BCUT2D eigenvalue weighted by molar-refractivity contribution is 5.89. The highest BCUT2D eigenvalue weighted by Crippen LogP contribution is 2.14. The Hall–Kier alpha value is -1.84. The van der Waals surface area contributed by atoms with E-state index in [1.807, 2.05) is 37.3 Å². The second-order valence-electron chi connectivity index (χ2n) is 4.00. The fraction of sp³-hybridized carbons (Fsp3) is 0.385. The SMILES string of the molecule is CCC(NC(=O)[C@@H](C)c1ccccc1)C(N)=O. The zero-order chi connectivity index (χ0) is 12.8. The largest absolute Gasteiger partial charge is 0.368 e. The van der Waals surface area contributed by atoms with Crippen LogP contribution in [0.5, 0.6) is 0 Å². The first-order chi connectivity index (χ1) is 8.06. The molecular formula is C13H18N2O2. The molecule has 1 unspecified atom stereocenters.